The first-order chi connectivity index (χ1) is 12.0. The van der Waals surface area contributed by atoms with Gasteiger partial charge in [-0.25, -0.2) is 13.4 Å². The topological polar surface area (TPSA) is 72.6 Å². The van der Waals surface area contributed by atoms with Crippen LogP contribution in [0.2, 0.25) is 0 Å². The van der Waals surface area contributed by atoms with Crippen molar-refractivity contribution in [1.82, 2.24) is 9.88 Å². The second-order valence-corrected chi connectivity index (χ2v) is 8.31. The summed E-state index contributed by atoms with van der Waals surface area (Å²) in [5, 5.41) is 0. The fraction of sp³-hybridized carbons (Fsp3) is 0.500. The van der Waals surface area contributed by atoms with Crippen LogP contribution in [0.15, 0.2) is 40.0 Å². The second kappa shape index (κ2) is 8.12. The summed E-state index contributed by atoms with van der Waals surface area (Å²) < 4.78 is 35.4. The van der Waals surface area contributed by atoms with Crippen molar-refractivity contribution < 1.29 is 17.6 Å². The molecule has 1 aliphatic rings. The maximum atomic E-state index is 12.5. The molecule has 0 aliphatic carbocycles. The first kappa shape index (κ1) is 18.1. The molecule has 0 atom stereocenters. The number of oxazole rings is 1. The Balaban J connectivity index is 1.55. The highest BCUT2D eigenvalue weighted by molar-refractivity contribution is 7.90. The van der Waals surface area contributed by atoms with Crippen molar-refractivity contribution in [1.29, 1.82) is 0 Å². The number of morpholine rings is 1. The van der Waals surface area contributed by atoms with E-state index < -0.39 is 9.84 Å². The van der Waals surface area contributed by atoms with Gasteiger partial charge in [-0.1, -0.05) is 12.1 Å². The van der Waals surface area contributed by atoms with E-state index in [1.165, 1.54) is 6.39 Å². The number of rotatable bonds is 7. The zero-order chi connectivity index (χ0) is 17.7. The van der Waals surface area contributed by atoms with Crippen molar-refractivity contribution >= 4 is 9.84 Å². The van der Waals surface area contributed by atoms with E-state index in [0.29, 0.717) is 16.3 Å². The smallest absolute Gasteiger partial charge is 0.184 e. The van der Waals surface area contributed by atoms with Gasteiger partial charge in [-0.2, -0.15) is 0 Å². The van der Waals surface area contributed by atoms with E-state index >= 15 is 0 Å². The minimum Gasteiger partial charge on any atom is -0.448 e. The highest BCUT2D eigenvalue weighted by atomic mass is 32.2. The molecule has 0 unspecified atom stereocenters. The highest BCUT2D eigenvalue weighted by Crippen LogP contribution is 2.19. The quantitative estimate of drug-likeness (QED) is 0.750. The molecule has 1 aromatic carbocycles. The molecule has 0 radical (unpaired) electrons. The van der Waals surface area contributed by atoms with Gasteiger partial charge in [-0.15, -0.1) is 0 Å². The third kappa shape index (κ3) is 4.90. The summed E-state index contributed by atoms with van der Waals surface area (Å²) in [7, 11) is -3.40. The lowest BCUT2D eigenvalue weighted by Gasteiger charge is -2.26. The van der Waals surface area contributed by atoms with Gasteiger partial charge in [0.25, 0.3) is 0 Å². The maximum Gasteiger partial charge on any atom is 0.184 e. The average molecular weight is 364 g/mol. The van der Waals surface area contributed by atoms with Crippen LogP contribution in [0, 0.1) is 6.92 Å². The Morgan fingerprint density at radius 1 is 1.16 bits per heavy atom. The molecule has 6 nitrogen and oxygen atoms in total. The molecule has 7 heteroatoms. The molecule has 136 valence electrons. The van der Waals surface area contributed by atoms with Crippen LogP contribution in [0.3, 0.4) is 0 Å². The molecule has 3 rings (SSSR count). The van der Waals surface area contributed by atoms with Crippen LogP contribution < -0.4 is 0 Å². The summed E-state index contributed by atoms with van der Waals surface area (Å²) in [5.74, 6) is 0.412. The Morgan fingerprint density at radius 2 is 1.88 bits per heavy atom. The van der Waals surface area contributed by atoms with E-state index in [-0.39, 0.29) is 5.75 Å². The molecule has 0 saturated carbocycles. The SMILES string of the molecule is Cc1ocnc1CS(=O)(=O)c1ccc(CCCN2CCOCC2)cc1. The summed E-state index contributed by atoms with van der Waals surface area (Å²) in [6.07, 6.45) is 3.28. The first-order valence-corrected chi connectivity index (χ1v) is 10.2. The lowest BCUT2D eigenvalue weighted by molar-refractivity contribution is 0.0375. The number of hydrogen-bond donors (Lipinski definition) is 0. The predicted octanol–water partition coefficient (Wildman–Crippen LogP) is 2.22. The molecule has 0 spiro atoms. The van der Waals surface area contributed by atoms with Gasteiger partial charge < -0.3 is 9.15 Å². The minimum absolute atomic E-state index is 0.133. The van der Waals surface area contributed by atoms with E-state index in [2.05, 4.69) is 9.88 Å². The number of hydrogen-bond acceptors (Lipinski definition) is 6. The van der Waals surface area contributed by atoms with E-state index in [9.17, 15) is 8.42 Å². The predicted molar refractivity (Wildman–Crippen MR) is 94.2 cm³/mol. The van der Waals surface area contributed by atoms with Gasteiger partial charge in [-0.3, -0.25) is 4.90 Å². The van der Waals surface area contributed by atoms with Gasteiger partial charge in [0.2, 0.25) is 0 Å². The fourth-order valence-corrected chi connectivity index (χ4v) is 4.28. The number of aromatic nitrogens is 1. The zero-order valence-corrected chi connectivity index (χ0v) is 15.3. The largest absolute Gasteiger partial charge is 0.448 e. The summed E-state index contributed by atoms with van der Waals surface area (Å²) in [5.41, 5.74) is 1.62. The molecular formula is C18H24N2O4S. The standard InChI is InChI=1S/C18H24N2O4S/c1-15-18(19-14-24-15)13-25(21,22)17-6-4-16(5-7-17)3-2-8-20-9-11-23-12-10-20/h4-7,14H,2-3,8-13H2,1H3. The monoisotopic (exact) mass is 364 g/mol. The Morgan fingerprint density at radius 3 is 2.52 bits per heavy atom. The number of aryl methyl sites for hydroxylation is 2. The number of nitrogens with zero attached hydrogens (tertiary/aromatic N) is 2. The van der Waals surface area contributed by atoms with Gasteiger partial charge in [-0.05, 0) is 44.0 Å². The molecule has 1 aromatic heterocycles. The van der Waals surface area contributed by atoms with Crippen molar-refractivity contribution in [3.63, 3.8) is 0 Å². The van der Waals surface area contributed by atoms with E-state index in [4.69, 9.17) is 9.15 Å². The molecule has 1 saturated heterocycles. The lowest BCUT2D eigenvalue weighted by atomic mass is 10.1. The molecular weight excluding hydrogens is 340 g/mol. The van der Waals surface area contributed by atoms with E-state index in [1.807, 2.05) is 12.1 Å². The van der Waals surface area contributed by atoms with Crippen LogP contribution in [-0.2, 0) is 26.7 Å². The third-order valence-electron chi connectivity index (χ3n) is 4.50. The second-order valence-electron chi connectivity index (χ2n) is 6.32. The van der Waals surface area contributed by atoms with Crippen molar-refractivity contribution in [3.05, 3.63) is 47.7 Å². The van der Waals surface area contributed by atoms with Crippen molar-refractivity contribution in [2.24, 2.45) is 0 Å². The van der Waals surface area contributed by atoms with E-state index in [0.717, 1.165) is 51.3 Å². The molecule has 0 amide bonds. The summed E-state index contributed by atoms with van der Waals surface area (Å²) in [6, 6.07) is 7.19. The summed E-state index contributed by atoms with van der Waals surface area (Å²) in [6.45, 7) is 6.40. The lowest BCUT2D eigenvalue weighted by Crippen LogP contribution is -2.36. The van der Waals surface area contributed by atoms with Crippen LogP contribution in [0.1, 0.15) is 23.4 Å². The van der Waals surface area contributed by atoms with E-state index in [1.54, 1.807) is 19.1 Å². The van der Waals surface area contributed by atoms with Gasteiger partial charge in [0.1, 0.15) is 11.5 Å². The Labute approximate surface area is 148 Å². The van der Waals surface area contributed by atoms with Crippen LogP contribution in [0.25, 0.3) is 0 Å². The van der Waals surface area contributed by atoms with Crippen LogP contribution in [-0.4, -0.2) is 51.1 Å². The average Bonchev–Trinajstić information content (AvgIpc) is 3.00. The third-order valence-corrected chi connectivity index (χ3v) is 6.14. The zero-order valence-electron chi connectivity index (χ0n) is 14.5. The molecule has 0 bridgehead atoms. The number of benzene rings is 1. The Kier molecular flexibility index (Phi) is 5.88. The molecule has 2 aromatic rings. The van der Waals surface area contributed by atoms with Crippen LogP contribution in [0.5, 0.6) is 0 Å². The molecule has 0 N–H and O–H groups in total. The van der Waals surface area contributed by atoms with Gasteiger partial charge in [0, 0.05) is 13.1 Å². The van der Waals surface area contributed by atoms with Crippen LogP contribution in [0.4, 0.5) is 0 Å². The maximum absolute atomic E-state index is 12.5. The van der Waals surface area contributed by atoms with Gasteiger partial charge >= 0.3 is 0 Å². The molecule has 2 heterocycles. The molecule has 1 aliphatic heterocycles. The Bertz CT molecular complexity index is 778. The summed E-state index contributed by atoms with van der Waals surface area (Å²) in [4.78, 5) is 6.70. The summed E-state index contributed by atoms with van der Waals surface area (Å²) >= 11 is 0. The normalized spacial score (nSPS) is 16.2. The van der Waals surface area contributed by atoms with Gasteiger partial charge in [0.15, 0.2) is 16.2 Å². The Hall–Kier alpha value is -1.70. The van der Waals surface area contributed by atoms with Crippen molar-refractivity contribution in [2.75, 3.05) is 32.8 Å². The van der Waals surface area contributed by atoms with Crippen molar-refractivity contribution in [2.45, 2.75) is 30.4 Å². The highest BCUT2D eigenvalue weighted by Gasteiger charge is 2.19. The number of ether oxygens (including phenoxy) is 1. The molecule has 25 heavy (non-hydrogen) atoms. The molecule has 1 fully saturated rings. The first-order valence-electron chi connectivity index (χ1n) is 8.55. The fourth-order valence-electron chi connectivity index (χ4n) is 2.93. The van der Waals surface area contributed by atoms with Crippen LogP contribution >= 0.6 is 0 Å². The minimum atomic E-state index is -3.40. The number of sulfone groups is 1. The van der Waals surface area contributed by atoms with Gasteiger partial charge in [0.05, 0.1) is 23.8 Å². The van der Waals surface area contributed by atoms with Crippen molar-refractivity contribution in [3.8, 4) is 0 Å².